The highest BCUT2D eigenvalue weighted by molar-refractivity contribution is 6.20. The molecule has 2 aromatic carbocycles. The predicted octanol–water partition coefficient (Wildman–Crippen LogP) is 2.62. The van der Waals surface area contributed by atoms with E-state index in [1.165, 1.54) is 4.90 Å². The van der Waals surface area contributed by atoms with Crippen molar-refractivity contribution in [2.45, 2.75) is 26.2 Å². The van der Waals surface area contributed by atoms with E-state index in [2.05, 4.69) is 0 Å². The number of ether oxygens (including phenoxy) is 2. The Labute approximate surface area is 179 Å². The van der Waals surface area contributed by atoms with Crippen molar-refractivity contribution >= 4 is 35.1 Å². The third-order valence-electron chi connectivity index (χ3n) is 5.50. The van der Waals surface area contributed by atoms with E-state index < -0.39 is 11.9 Å². The summed E-state index contributed by atoms with van der Waals surface area (Å²) < 4.78 is 10.7. The zero-order valence-electron chi connectivity index (χ0n) is 17.3. The van der Waals surface area contributed by atoms with E-state index in [9.17, 15) is 19.2 Å². The lowest BCUT2D eigenvalue weighted by atomic mass is 10.1. The van der Waals surface area contributed by atoms with Crippen LogP contribution in [0.25, 0.3) is 0 Å². The number of aryl methyl sites for hydroxylation is 1. The fourth-order valence-electron chi connectivity index (χ4n) is 3.88. The first-order valence-electron chi connectivity index (χ1n) is 10.00. The first kappa shape index (κ1) is 20.6. The lowest BCUT2D eigenvalue weighted by Crippen LogP contribution is -2.29. The third-order valence-corrected chi connectivity index (χ3v) is 5.50. The van der Waals surface area contributed by atoms with Crippen LogP contribution in [0.15, 0.2) is 42.5 Å². The minimum Gasteiger partial charge on any atom is -0.497 e. The first-order valence-corrected chi connectivity index (χ1v) is 10.00. The van der Waals surface area contributed by atoms with Gasteiger partial charge in [0.1, 0.15) is 11.5 Å². The summed E-state index contributed by atoms with van der Waals surface area (Å²) in [4.78, 5) is 51.8. The number of nitrogens with zero attached hydrogens (tertiary/aromatic N) is 2. The van der Waals surface area contributed by atoms with Crippen LogP contribution >= 0.6 is 0 Å². The molecule has 8 nitrogen and oxygen atoms in total. The van der Waals surface area contributed by atoms with Gasteiger partial charge in [0.2, 0.25) is 17.7 Å². The van der Waals surface area contributed by atoms with Crippen LogP contribution in [-0.4, -0.2) is 37.3 Å². The van der Waals surface area contributed by atoms with Gasteiger partial charge in [-0.1, -0.05) is 6.07 Å². The van der Waals surface area contributed by atoms with Crippen LogP contribution in [0.5, 0.6) is 11.5 Å². The molecule has 160 valence electrons. The zero-order valence-corrected chi connectivity index (χ0v) is 17.3. The Balaban J connectivity index is 1.45. The average Bonchev–Trinajstić information content (AvgIpc) is 3.30. The fourth-order valence-corrected chi connectivity index (χ4v) is 3.88. The van der Waals surface area contributed by atoms with Crippen molar-refractivity contribution in [3.05, 3.63) is 48.0 Å². The quantitative estimate of drug-likeness (QED) is 0.418. The number of methoxy groups -OCH3 is 1. The smallest absolute Gasteiger partial charge is 0.316 e. The molecule has 2 aliphatic heterocycles. The highest BCUT2D eigenvalue weighted by Gasteiger charge is 2.37. The Bertz CT molecular complexity index is 1060. The lowest BCUT2D eigenvalue weighted by Gasteiger charge is -2.18. The van der Waals surface area contributed by atoms with Gasteiger partial charge in [-0.3, -0.25) is 24.1 Å². The minimum atomic E-state index is -0.597. The molecule has 0 aliphatic carbocycles. The van der Waals surface area contributed by atoms with Crippen LogP contribution in [0.2, 0.25) is 0 Å². The average molecular weight is 422 g/mol. The van der Waals surface area contributed by atoms with Crippen LogP contribution < -0.4 is 19.3 Å². The van der Waals surface area contributed by atoms with E-state index in [1.807, 2.05) is 0 Å². The summed E-state index contributed by atoms with van der Waals surface area (Å²) in [6.45, 7) is 1.97. The summed E-state index contributed by atoms with van der Waals surface area (Å²) in [5.74, 6) is -0.799. The minimum absolute atomic E-state index is 0.0594. The lowest BCUT2D eigenvalue weighted by molar-refractivity contribution is -0.139. The molecule has 31 heavy (non-hydrogen) atoms. The van der Waals surface area contributed by atoms with Gasteiger partial charge in [-0.05, 0) is 42.8 Å². The summed E-state index contributed by atoms with van der Waals surface area (Å²) in [6.07, 6.45) is 0.465. The summed E-state index contributed by atoms with van der Waals surface area (Å²) >= 11 is 0. The van der Waals surface area contributed by atoms with Crippen LogP contribution in [0.3, 0.4) is 0 Å². The van der Waals surface area contributed by atoms with Gasteiger partial charge in [-0.25, -0.2) is 0 Å². The van der Waals surface area contributed by atoms with Gasteiger partial charge < -0.3 is 14.4 Å². The van der Waals surface area contributed by atoms with E-state index >= 15 is 0 Å². The van der Waals surface area contributed by atoms with E-state index in [1.54, 1.807) is 61.4 Å². The Hall–Kier alpha value is -3.68. The monoisotopic (exact) mass is 422 g/mol. The molecule has 2 aliphatic rings. The van der Waals surface area contributed by atoms with Crippen molar-refractivity contribution in [3.8, 4) is 11.5 Å². The third kappa shape index (κ3) is 4.01. The topological polar surface area (TPSA) is 93.2 Å². The van der Waals surface area contributed by atoms with Gasteiger partial charge in [0.15, 0.2) is 0 Å². The number of hydrogen-bond acceptors (Lipinski definition) is 6. The Morgan fingerprint density at radius 2 is 1.71 bits per heavy atom. The van der Waals surface area contributed by atoms with Gasteiger partial charge in [-0.15, -0.1) is 0 Å². The standard InChI is InChI=1S/C23H22N2O6/c1-14-10-18(6-7-19(14)25-20(26)8-9-21(25)27)31-23(29)15-11-22(28)24(13-15)16-4-3-5-17(12-16)30-2/h3-7,10,12,15H,8-9,11,13H2,1-2H3/t15-/m1/s1. The highest BCUT2D eigenvalue weighted by Crippen LogP contribution is 2.31. The molecule has 8 heteroatoms. The van der Waals surface area contributed by atoms with Crippen LogP contribution in [0.1, 0.15) is 24.8 Å². The maximum atomic E-state index is 12.7. The predicted molar refractivity (Wildman–Crippen MR) is 112 cm³/mol. The molecule has 2 aromatic rings. The van der Waals surface area contributed by atoms with Gasteiger partial charge in [0.05, 0.1) is 18.7 Å². The number of benzene rings is 2. The molecule has 2 heterocycles. The fraction of sp³-hybridized carbons (Fsp3) is 0.304. The number of amides is 3. The zero-order chi connectivity index (χ0) is 22.1. The molecule has 0 spiro atoms. The molecule has 0 bridgehead atoms. The number of carbonyl (C=O) groups excluding carboxylic acids is 4. The molecule has 0 radical (unpaired) electrons. The van der Waals surface area contributed by atoms with E-state index in [-0.39, 0.29) is 43.5 Å². The van der Waals surface area contributed by atoms with Gasteiger partial charge >= 0.3 is 5.97 Å². The molecule has 0 saturated carbocycles. The van der Waals surface area contributed by atoms with Crippen LogP contribution in [-0.2, 0) is 19.2 Å². The van der Waals surface area contributed by atoms with Gasteiger partial charge in [0.25, 0.3) is 0 Å². The van der Waals surface area contributed by atoms with Crippen LogP contribution in [0, 0.1) is 12.8 Å². The molecule has 2 saturated heterocycles. The SMILES string of the molecule is COc1cccc(N2C[C@H](C(=O)Oc3ccc(N4C(=O)CCC4=O)c(C)c3)CC2=O)c1. The summed E-state index contributed by atoms with van der Waals surface area (Å²) in [7, 11) is 1.55. The number of imide groups is 1. The summed E-state index contributed by atoms with van der Waals surface area (Å²) in [5.41, 5.74) is 1.81. The second-order valence-electron chi connectivity index (χ2n) is 7.60. The maximum absolute atomic E-state index is 12.7. The Morgan fingerprint density at radius 3 is 2.39 bits per heavy atom. The second kappa shape index (κ2) is 8.22. The molecule has 2 fully saturated rings. The van der Waals surface area contributed by atoms with Crippen LogP contribution in [0.4, 0.5) is 11.4 Å². The van der Waals surface area contributed by atoms with E-state index in [0.29, 0.717) is 28.4 Å². The molecule has 0 unspecified atom stereocenters. The van der Waals surface area contributed by atoms with E-state index in [4.69, 9.17) is 9.47 Å². The maximum Gasteiger partial charge on any atom is 0.316 e. The molecule has 4 rings (SSSR count). The Kier molecular flexibility index (Phi) is 5.46. The van der Waals surface area contributed by atoms with Crippen molar-refractivity contribution in [3.63, 3.8) is 0 Å². The molecule has 1 atom stereocenters. The summed E-state index contributed by atoms with van der Waals surface area (Å²) in [6, 6.07) is 11.9. The van der Waals surface area contributed by atoms with E-state index in [0.717, 1.165) is 0 Å². The van der Waals surface area contributed by atoms with Crippen molar-refractivity contribution in [1.29, 1.82) is 0 Å². The first-order chi connectivity index (χ1) is 14.9. The number of esters is 1. The number of hydrogen-bond donors (Lipinski definition) is 0. The number of anilines is 2. The van der Waals surface area contributed by atoms with Crippen molar-refractivity contribution in [2.24, 2.45) is 5.92 Å². The van der Waals surface area contributed by atoms with Crippen molar-refractivity contribution < 1.29 is 28.7 Å². The number of carbonyl (C=O) groups is 4. The normalized spacial score (nSPS) is 18.6. The molecule has 0 aromatic heterocycles. The molecular formula is C23H22N2O6. The molecule has 3 amide bonds. The molecular weight excluding hydrogens is 400 g/mol. The van der Waals surface area contributed by atoms with Gasteiger partial charge in [-0.2, -0.15) is 0 Å². The largest absolute Gasteiger partial charge is 0.497 e. The Morgan fingerprint density at radius 1 is 0.968 bits per heavy atom. The molecule has 0 N–H and O–H groups in total. The summed E-state index contributed by atoms with van der Waals surface area (Å²) in [5, 5.41) is 0. The van der Waals surface area contributed by atoms with Gasteiger partial charge in [0, 0.05) is 37.6 Å². The highest BCUT2D eigenvalue weighted by atomic mass is 16.5. The number of rotatable bonds is 5. The van der Waals surface area contributed by atoms with Crippen molar-refractivity contribution in [2.75, 3.05) is 23.5 Å². The second-order valence-corrected chi connectivity index (χ2v) is 7.60. The van der Waals surface area contributed by atoms with Crippen molar-refractivity contribution in [1.82, 2.24) is 0 Å².